The van der Waals surface area contributed by atoms with Gasteiger partial charge in [-0.2, -0.15) is 0 Å². The molecular formula is C33H30N8O6. The summed E-state index contributed by atoms with van der Waals surface area (Å²) in [5.41, 5.74) is 11.8. The molecule has 47 heavy (non-hydrogen) atoms. The normalized spacial score (nSPS) is 15.6. The molecule has 0 unspecified atom stereocenters. The lowest BCUT2D eigenvalue weighted by molar-refractivity contribution is 0.0931. The fraction of sp³-hybridized carbons (Fsp3) is 0.273. The zero-order valence-corrected chi connectivity index (χ0v) is 25.4. The number of benzene rings is 2. The topological polar surface area (TPSA) is 206 Å². The molecule has 3 heterocycles. The molecule has 0 spiro atoms. The van der Waals surface area contributed by atoms with Crippen molar-refractivity contribution in [1.82, 2.24) is 30.7 Å². The largest absolute Gasteiger partial charge is 0.439 e. The summed E-state index contributed by atoms with van der Waals surface area (Å²) in [6.45, 7) is 3.20. The number of nitrogens with zero attached hydrogens (tertiary/aromatic N) is 4. The number of amides is 2. The molecule has 2 amide bonds. The molecule has 0 fully saturated rings. The van der Waals surface area contributed by atoms with Gasteiger partial charge < -0.3 is 21.3 Å². The third-order valence-electron chi connectivity index (χ3n) is 9.02. The van der Waals surface area contributed by atoms with Crippen LogP contribution in [0.4, 0.5) is 11.4 Å². The summed E-state index contributed by atoms with van der Waals surface area (Å²) < 4.78 is 4.65. The Morgan fingerprint density at radius 3 is 2.60 bits per heavy atom. The predicted octanol–water partition coefficient (Wildman–Crippen LogP) is 1.61. The standard InChI is InChI=1S/C33H30N8O6/c1-16-20-8-9-23(22(20)7-6-21(16)30-39-33(46)47-40-30)38-32(45)25-12-24(36-15-37-25)31(44)35-13-17-4-5-18-3-2-10-41(14-19(18)11-17)27-26(34)28(42)29(27)43/h4-7,11-12,15,23H,2-3,8-10,13-14,34H2,1H3,(H,35,44)(H,38,45)(H,39,40,46)/t23-/m0/s1. The molecule has 3 aromatic carbocycles. The maximum atomic E-state index is 13.2. The number of nitrogen functional groups attached to an aromatic ring is 1. The minimum absolute atomic E-state index is 0.0141. The smallest absolute Gasteiger partial charge is 0.394 e. The van der Waals surface area contributed by atoms with E-state index in [9.17, 15) is 24.0 Å². The van der Waals surface area contributed by atoms with Crippen LogP contribution in [0, 0.1) is 6.92 Å². The number of nitrogens with two attached hydrogens (primary N) is 1. The van der Waals surface area contributed by atoms with Gasteiger partial charge in [0.15, 0.2) is 5.82 Å². The Hall–Kier alpha value is -5.92. The van der Waals surface area contributed by atoms with Crippen LogP contribution < -0.4 is 37.9 Å². The van der Waals surface area contributed by atoms with E-state index in [1.54, 1.807) is 0 Å². The summed E-state index contributed by atoms with van der Waals surface area (Å²) in [5.74, 6) is -1.17. The second-order valence-corrected chi connectivity index (χ2v) is 11.8. The van der Waals surface area contributed by atoms with Crippen LogP contribution in [0.2, 0.25) is 0 Å². The van der Waals surface area contributed by atoms with Gasteiger partial charge in [-0.3, -0.25) is 28.7 Å². The first-order valence-electron chi connectivity index (χ1n) is 15.2. The molecule has 0 saturated carbocycles. The van der Waals surface area contributed by atoms with Crippen LogP contribution in [0.1, 0.15) is 73.2 Å². The van der Waals surface area contributed by atoms with E-state index in [2.05, 4.69) is 35.3 Å². The number of carbonyl (C=O) groups is 2. The maximum Gasteiger partial charge on any atom is 0.439 e. The zero-order valence-electron chi connectivity index (χ0n) is 25.4. The number of fused-ring (bicyclic) bond motifs is 2. The summed E-state index contributed by atoms with van der Waals surface area (Å²) in [7, 11) is 0. The van der Waals surface area contributed by atoms with Gasteiger partial charge in [0.2, 0.25) is 0 Å². The van der Waals surface area contributed by atoms with Crippen molar-refractivity contribution in [2.45, 2.75) is 51.7 Å². The quantitative estimate of drug-likeness (QED) is 0.189. The summed E-state index contributed by atoms with van der Waals surface area (Å²) in [4.78, 5) is 74.1. The number of hydrogen-bond acceptors (Lipinski definition) is 11. The number of carbonyl (C=O) groups excluding carboxylic acids is 2. The average Bonchev–Trinajstić information content (AvgIpc) is 3.64. The molecule has 1 atom stereocenters. The molecule has 0 bridgehead atoms. The summed E-state index contributed by atoms with van der Waals surface area (Å²) in [6, 6.07) is 10.8. The minimum atomic E-state index is -0.635. The van der Waals surface area contributed by atoms with Gasteiger partial charge in [-0.1, -0.05) is 35.5 Å². The molecule has 14 heteroatoms. The number of aromatic nitrogens is 4. The molecule has 7 rings (SSSR count). The van der Waals surface area contributed by atoms with E-state index in [0.717, 1.165) is 58.2 Å². The molecule has 1 aliphatic heterocycles. The van der Waals surface area contributed by atoms with Gasteiger partial charge in [-0.05, 0) is 66.0 Å². The Morgan fingerprint density at radius 2 is 1.83 bits per heavy atom. The van der Waals surface area contributed by atoms with Crippen LogP contribution >= 0.6 is 0 Å². The predicted molar refractivity (Wildman–Crippen MR) is 171 cm³/mol. The first kappa shape index (κ1) is 29.8. The highest BCUT2D eigenvalue weighted by Gasteiger charge is 2.29. The van der Waals surface area contributed by atoms with E-state index in [4.69, 9.17) is 5.73 Å². The third-order valence-corrected chi connectivity index (χ3v) is 9.02. The summed E-state index contributed by atoms with van der Waals surface area (Å²) in [6.07, 6.45) is 4.22. The first-order chi connectivity index (χ1) is 22.7. The molecule has 5 N–H and O–H groups in total. The third kappa shape index (κ3) is 5.47. The molecule has 2 aliphatic rings. The van der Waals surface area contributed by atoms with Crippen molar-refractivity contribution in [3.8, 4) is 11.4 Å². The van der Waals surface area contributed by atoms with E-state index < -0.39 is 28.4 Å². The van der Waals surface area contributed by atoms with Crippen molar-refractivity contribution < 1.29 is 14.1 Å². The number of anilines is 2. The van der Waals surface area contributed by atoms with E-state index in [1.807, 2.05) is 42.2 Å². The van der Waals surface area contributed by atoms with Gasteiger partial charge >= 0.3 is 5.76 Å². The first-order valence-corrected chi connectivity index (χ1v) is 15.2. The Labute approximate surface area is 266 Å². The number of nitrogens with one attached hydrogen (secondary N) is 3. The zero-order chi connectivity index (χ0) is 32.8. The lowest BCUT2D eigenvalue weighted by Crippen LogP contribution is -2.42. The molecule has 5 aromatic rings. The fourth-order valence-electron chi connectivity index (χ4n) is 6.57. The fourth-order valence-corrected chi connectivity index (χ4v) is 6.57. The highest BCUT2D eigenvalue weighted by molar-refractivity contribution is 5.97. The second kappa shape index (κ2) is 11.8. The lowest BCUT2D eigenvalue weighted by Gasteiger charge is -2.25. The second-order valence-electron chi connectivity index (χ2n) is 11.8. The highest BCUT2D eigenvalue weighted by Crippen LogP contribution is 2.37. The number of H-pyrrole nitrogens is 1. The van der Waals surface area contributed by atoms with Gasteiger partial charge in [0.1, 0.15) is 29.1 Å². The molecule has 2 aromatic heterocycles. The maximum absolute atomic E-state index is 13.2. The number of aryl methyl sites for hydroxylation is 1. The monoisotopic (exact) mass is 634 g/mol. The highest BCUT2D eigenvalue weighted by atomic mass is 16.5. The summed E-state index contributed by atoms with van der Waals surface area (Å²) >= 11 is 0. The Balaban J connectivity index is 1.00. The minimum Gasteiger partial charge on any atom is -0.394 e. The van der Waals surface area contributed by atoms with Gasteiger partial charge in [0.05, 0.1) is 6.04 Å². The van der Waals surface area contributed by atoms with Crippen LogP contribution in [-0.4, -0.2) is 38.5 Å². The van der Waals surface area contributed by atoms with Crippen molar-refractivity contribution in [2.75, 3.05) is 17.2 Å². The molecule has 0 radical (unpaired) electrons. The van der Waals surface area contributed by atoms with Crippen molar-refractivity contribution in [3.63, 3.8) is 0 Å². The van der Waals surface area contributed by atoms with Gasteiger partial charge in [-0.15, -0.1) is 0 Å². The lowest BCUT2D eigenvalue weighted by atomic mass is 9.97. The van der Waals surface area contributed by atoms with E-state index >= 15 is 0 Å². The SMILES string of the molecule is Cc1c(-c2noc(=O)[nH]2)ccc2c1CC[C@@H]2NC(=O)c1cc(C(=O)NCc2ccc3c(c2)CN(c2c(N)c(=O)c2=O)CCC3)ncn1. The molecule has 238 valence electrons. The van der Waals surface area contributed by atoms with Gasteiger partial charge in [-0.25, -0.2) is 14.8 Å². The Bertz CT molecular complexity index is 2190. The van der Waals surface area contributed by atoms with Crippen LogP contribution in [-0.2, 0) is 25.9 Å². The number of hydrogen-bond donors (Lipinski definition) is 4. The molecular weight excluding hydrogens is 604 g/mol. The average molecular weight is 635 g/mol. The Kier molecular flexibility index (Phi) is 7.46. The molecule has 14 nitrogen and oxygen atoms in total. The van der Waals surface area contributed by atoms with Crippen LogP contribution in [0.3, 0.4) is 0 Å². The van der Waals surface area contributed by atoms with E-state index in [1.165, 1.54) is 12.4 Å². The number of aromatic amines is 1. The van der Waals surface area contributed by atoms with Crippen LogP contribution in [0.15, 0.2) is 61.6 Å². The van der Waals surface area contributed by atoms with Gasteiger partial charge in [0, 0.05) is 31.3 Å². The van der Waals surface area contributed by atoms with Crippen molar-refractivity contribution in [3.05, 3.63) is 118 Å². The molecule has 0 saturated heterocycles. The Morgan fingerprint density at radius 1 is 1.02 bits per heavy atom. The van der Waals surface area contributed by atoms with E-state index in [0.29, 0.717) is 25.3 Å². The molecule has 1 aliphatic carbocycles. The number of rotatable bonds is 7. The van der Waals surface area contributed by atoms with Crippen molar-refractivity contribution >= 4 is 23.2 Å². The van der Waals surface area contributed by atoms with E-state index in [-0.39, 0.29) is 35.3 Å². The van der Waals surface area contributed by atoms with Gasteiger partial charge in [0.25, 0.3) is 22.7 Å². The van der Waals surface area contributed by atoms with Crippen LogP contribution in [0.25, 0.3) is 11.4 Å². The summed E-state index contributed by atoms with van der Waals surface area (Å²) in [5, 5.41) is 9.66. The van der Waals surface area contributed by atoms with Crippen molar-refractivity contribution in [2.24, 2.45) is 0 Å². The van der Waals surface area contributed by atoms with Crippen molar-refractivity contribution in [1.29, 1.82) is 0 Å². The van der Waals surface area contributed by atoms with Crippen LogP contribution in [0.5, 0.6) is 0 Å².